The van der Waals surface area contributed by atoms with E-state index in [-0.39, 0.29) is 5.91 Å². The van der Waals surface area contributed by atoms with Crippen LogP contribution in [0.15, 0.2) is 4.99 Å². The number of rotatable bonds is 6. The van der Waals surface area contributed by atoms with Gasteiger partial charge in [-0.15, -0.1) is 0 Å². The van der Waals surface area contributed by atoms with Gasteiger partial charge in [0.05, 0.1) is 13.2 Å². The van der Waals surface area contributed by atoms with Crippen LogP contribution in [0.5, 0.6) is 0 Å². The van der Waals surface area contributed by atoms with Gasteiger partial charge in [0, 0.05) is 27.1 Å². The number of nitrogens with zero attached hydrogens (tertiary/aromatic N) is 1. The number of guanidine groups is 1. The predicted octanol–water partition coefficient (Wildman–Crippen LogP) is -1.82. The molecule has 0 heterocycles. The summed E-state index contributed by atoms with van der Waals surface area (Å²) in [5.41, 5.74) is 2.42. The van der Waals surface area contributed by atoms with E-state index in [1.165, 1.54) is 6.92 Å². The van der Waals surface area contributed by atoms with Gasteiger partial charge in [0.25, 0.3) is 0 Å². The maximum absolute atomic E-state index is 10.5. The van der Waals surface area contributed by atoms with E-state index in [0.29, 0.717) is 32.2 Å². The molecule has 0 aliphatic rings. The van der Waals surface area contributed by atoms with Crippen molar-refractivity contribution in [3.63, 3.8) is 0 Å². The molecule has 7 heteroatoms. The van der Waals surface area contributed by atoms with Crippen LogP contribution in [0.1, 0.15) is 6.92 Å². The summed E-state index contributed by atoms with van der Waals surface area (Å²) in [4.78, 5) is 14.6. The molecule has 0 saturated carbocycles. The molecule has 0 saturated heterocycles. The topological polar surface area (TPSA) is 101 Å². The highest BCUT2D eigenvalue weighted by Gasteiger charge is 1.94. The first-order valence-corrected chi connectivity index (χ1v) is 4.69. The zero-order chi connectivity index (χ0) is 11.5. The molecule has 0 radical (unpaired) electrons. The van der Waals surface area contributed by atoms with Crippen LogP contribution in [0.4, 0.5) is 0 Å². The lowest BCUT2D eigenvalue weighted by atomic mass is 10.5. The van der Waals surface area contributed by atoms with Gasteiger partial charge in [-0.05, 0) is 0 Å². The second-order valence-electron chi connectivity index (χ2n) is 2.78. The summed E-state index contributed by atoms with van der Waals surface area (Å²) in [6, 6.07) is 0. The Morgan fingerprint density at radius 3 is 2.60 bits per heavy atom. The van der Waals surface area contributed by atoms with Gasteiger partial charge in [-0.25, -0.2) is 10.8 Å². The Bertz CT molecular complexity index is 207. The van der Waals surface area contributed by atoms with Crippen LogP contribution in [0.2, 0.25) is 0 Å². The first kappa shape index (κ1) is 13.7. The standard InChI is InChI=1S/C8H19N5O2/c1-7(14)10-3-4-11-8(13-9)12-5-6-15-2/h3-6,9H2,1-2H3,(H,10,14)(H2,11,12,13). The quantitative estimate of drug-likeness (QED) is 0.138. The second-order valence-corrected chi connectivity index (χ2v) is 2.78. The Labute approximate surface area is 89.4 Å². The van der Waals surface area contributed by atoms with Crippen molar-refractivity contribution in [2.45, 2.75) is 6.92 Å². The van der Waals surface area contributed by atoms with Crippen molar-refractivity contribution in [1.82, 2.24) is 16.1 Å². The van der Waals surface area contributed by atoms with Crippen molar-refractivity contribution in [1.29, 1.82) is 0 Å². The van der Waals surface area contributed by atoms with Gasteiger partial charge in [-0.1, -0.05) is 0 Å². The minimum Gasteiger partial charge on any atom is -0.383 e. The number of carbonyl (C=O) groups is 1. The fraction of sp³-hybridized carbons (Fsp3) is 0.750. The van der Waals surface area contributed by atoms with Gasteiger partial charge in [0.1, 0.15) is 0 Å². The van der Waals surface area contributed by atoms with Gasteiger partial charge in [0.15, 0.2) is 0 Å². The van der Waals surface area contributed by atoms with Crippen LogP contribution < -0.4 is 21.9 Å². The van der Waals surface area contributed by atoms with E-state index in [1.54, 1.807) is 7.11 Å². The minimum absolute atomic E-state index is 0.0598. The highest BCUT2D eigenvalue weighted by molar-refractivity contribution is 5.79. The molecular formula is C8H19N5O2. The molecule has 0 aliphatic carbocycles. The molecule has 1 amide bonds. The lowest BCUT2D eigenvalue weighted by Crippen LogP contribution is -2.44. The molecular weight excluding hydrogens is 198 g/mol. The maximum Gasteiger partial charge on any atom is 0.216 e. The van der Waals surface area contributed by atoms with E-state index in [1.807, 2.05) is 0 Å². The molecule has 0 bridgehead atoms. The molecule has 0 fully saturated rings. The third kappa shape index (κ3) is 8.98. The average Bonchev–Trinajstić information content (AvgIpc) is 2.21. The number of amides is 1. The number of nitrogens with one attached hydrogen (secondary N) is 3. The molecule has 0 unspecified atom stereocenters. The van der Waals surface area contributed by atoms with E-state index < -0.39 is 0 Å². The van der Waals surface area contributed by atoms with Crippen LogP contribution in [-0.2, 0) is 9.53 Å². The minimum atomic E-state index is -0.0598. The molecule has 7 nitrogen and oxygen atoms in total. The normalized spacial score (nSPS) is 11.0. The fourth-order valence-corrected chi connectivity index (χ4v) is 0.821. The van der Waals surface area contributed by atoms with Gasteiger partial charge < -0.3 is 15.4 Å². The highest BCUT2D eigenvalue weighted by Crippen LogP contribution is 1.73. The first-order valence-electron chi connectivity index (χ1n) is 4.69. The Kier molecular flexibility index (Phi) is 8.40. The summed E-state index contributed by atoms with van der Waals surface area (Å²) in [7, 11) is 1.61. The van der Waals surface area contributed by atoms with Crippen molar-refractivity contribution in [3.05, 3.63) is 0 Å². The molecule has 0 aromatic carbocycles. The van der Waals surface area contributed by atoms with Crippen molar-refractivity contribution in [3.8, 4) is 0 Å². The number of hydrogen-bond acceptors (Lipinski definition) is 4. The maximum atomic E-state index is 10.5. The third-order valence-corrected chi connectivity index (χ3v) is 1.49. The molecule has 5 N–H and O–H groups in total. The number of carbonyl (C=O) groups excluding carboxylic acids is 1. The van der Waals surface area contributed by atoms with E-state index >= 15 is 0 Å². The summed E-state index contributed by atoms with van der Waals surface area (Å²) in [5.74, 6) is 5.65. The van der Waals surface area contributed by atoms with Crippen molar-refractivity contribution < 1.29 is 9.53 Å². The van der Waals surface area contributed by atoms with Crippen molar-refractivity contribution >= 4 is 11.9 Å². The van der Waals surface area contributed by atoms with E-state index in [0.717, 1.165) is 0 Å². The Hall–Kier alpha value is -1.34. The van der Waals surface area contributed by atoms with E-state index in [2.05, 4.69) is 21.1 Å². The third-order valence-electron chi connectivity index (χ3n) is 1.49. The summed E-state index contributed by atoms with van der Waals surface area (Å²) in [6.07, 6.45) is 0. The molecule has 0 aliphatic heterocycles. The monoisotopic (exact) mass is 217 g/mol. The Morgan fingerprint density at radius 1 is 1.40 bits per heavy atom. The number of ether oxygens (including phenoxy) is 1. The van der Waals surface area contributed by atoms with Crippen LogP contribution >= 0.6 is 0 Å². The smallest absolute Gasteiger partial charge is 0.216 e. The summed E-state index contributed by atoms with van der Waals surface area (Å²) < 4.78 is 4.83. The lowest BCUT2D eigenvalue weighted by Gasteiger charge is -2.09. The van der Waals surface area contributed by atoms with Crippen LogP contribution in [0.3, 0.4) is 0 Å². The molecule has 0 spiro atoms. The highest BCUT2D eigenvalue weighted by atomic mass is 16.5. The van der Waals surface area contributed by atoms with Gasteiger partial charge in [-0.2, -0.15) is 0 Å². The summed E-state index contributed by atoms with van der Waals surface area (Å²) >= 11 is 0. The summed E-state index contributed by atoms with van der Waals surface area (Å²) in [6.45, 7) is 3.63. The van der Waals surface area contributed by atoms with E-state index in [4.69, 9.17) is 10.6 Å². The number of hydrazine groups is 1. The number of hydrogen-bond donors (Lipinski definition) is 4. The van der Waals surface area contributed by atoms with Gasteiger partial charge in [-0.3, -0.25) is 10.2 Å². The Balaban J connectivity index is 3.60. The van der Waals surface area contributed by atoms with Crippen LogP contribution in [0, 0.1) is 0 Å². The lowest BCUT2D eigenvalue weighted by molar-refractivity contribution is -0.118. The zero-order valence-electron chi connectivity index (χ0n) is 9.17. The predicted molar refractivity (Wildman–Crippen MR) is 58.2 cm³/mol. The van der Waals surface area contributed by atoms with Crippen molar-refractivity contribution in [2.75, 3.05) is 33.4 Å². The fourth-order valence-electron chi connectivity index (χ4n) is 0.821. The first-order chi connectivity index (χ1) is 7.20. The molecule has 0 aromatic rings. The molecule has 0 rings (SSSR count). The second kappa shape index (κ2) is 9.22. The largest absolute Gasteiger partial charge is 0.383 e. The van der Waals surface area contributed by atoms with Crippen LogP contribution in [-0.4, -0.2) is 45.2 Å². The molecule has 15 heavy (non-hydrogen) atoms. The Morgan fingerprint density at radius 2 is 2.07 bits per heavy atom. The van der Waals surface area contributed by atoms with Crippen LogP contribution in [0.25, 0.3) is 0 Å². The average molecular weight is 217 g/mol. The SMILES string of the molecule is COCCN=C(NN)NCCNC(C)=O. The zero-order valence-corrected chi connectivity index (χ0v) is 9.17. The summed E-state index contributed by atoms with van der Waals surface area (Å²) in [5, 5.41) is 5.57. The number of aliphatic imine (C=N–C) groups is 1. The van der Waals surface area contributed by atoms with Gasteiger partial charge >= 0.3 is 0 Å². The molecule has 0 atom stereocenters. The number of nitrogens with two attached hydrogens (primary N) is 1. The van der Waals surface area contributed by atoms with Crippen molar-refractivity contribution in [2.24, 2.45) is 10.8 Å². The van der Waals surface area contributed by atoms with Gasteiger partial charge in [0.2, 0.25) is 11.9 Å². The van der Waals surface area contributed by atoms with E-state index in [9.17, 15) is 4.79 Å². The molecule has 88 valence electrons. The number of methoxy groups -OCH3 is 1. The molecule has 0 aromatic heterocycles.